The second-order valence-electron chi connectivity index (χ2n) is 9.01. The fourth-order valence-electron chi connectivity index (χ4n) is 4.14. The summed E-state index contributed by atoms with van der Waals surface area (Å²) in [6.45, 7) is 4.22. The van der Waals surface area contributed by atoms with Crippen LogP contribution in [-0.4, -0.2) is 65.9 Å². The van der Waals surface area contributed by atoms with Gasteiger partial charge in [-0.1, -0.05) is 24.3 Å². The predicted molar refractivity (Wildman–Crippen MR) is 142 cm³/mol. The van der Waals surface area contributed by atoms with E-state index in [4.69, 9.17) is 4.74 Å². The maximum absolute atomic E-state index is 12.6. The number of amides is 3. The lowest BCUT2D eigenvalue weighted by atomic mass is 10.1. The number of hydrogen-bond acceptors (Lipinski definition) is 7. The normalized spacial score (nSPS) is 13.1. The van der Waals surface area contributed by atoms with Crippen LogP contribution in [0.15, 0.2) is 60.9 Å². The van der Waals surface area contributed by atoms with E-state index in [9.17, 15) is 14.4 Å². The number of methoxy groups -OCH3 is 1. The van der Waals surface area contributed by atoms with Gasteiger partial charge in [0, 0.05) is 37.8 Å². The van der Waals surface area contributed by atoms with Crippen LogP contribution in [0.25, 0.3) is 0 Å². The molecule has 0 aliphatic carbocycles. The van der Waals surface area contributed by atoms with E-state index in [2.05, 4.69) is 30.8 Å². The molecule has 0 radical (unpaired) electrons. The van der Waals surface area contributed by atoms with Crippen molar-refractivity contribution in [2.24, 2.45) is 0 Å². The summed E-state index contributed by atoms with van der Waals surface area (Å²) in [5.41, 5.74) is 2.45. The Bertz CT molecular complexity index is 1260. The molecule has 0 atom stereocenters. The number of nitrogens with zero attached hydrogens (tertiary/aromatic N) is 3. The van der Waals surface area contributed by atoms with Gasteiger partial charge in [-0.3, -0.25) is 14.4 Å². The van der Waals surface area contributed by atoms with E-state index < -0.39 is 11.8 Å². The molecule has 0 bridgehead atoms. The molecule has 0 saturated carbocycles. The highest BCUT2D eigenvalue weighted by Crippen LogP contribution is 2.12. The molecule has 1 aromatic heterocycles. The highest BCUT2D eigenvalue weighted by Gasteiger charge is 2.14. The molecule has 0 unspecified atom stereocenters. The molecule has 10 nitrogen and oxygen atoms in total. The van der Waals surface area contributed by atoms with Gasteiger partial charge in [-0.05, 0) is 61.3 Å². The lowest BCUT2D eigenvalue weighted by Crippen LogP contribution is -2.33. The Balaban J connectivity index is 1.24. The van der Waals surface area contributed by atoms with Crippen molar-refractivity contribution in [2.45, 2.75) is 25.9 Å². The van der Waals surface area contributed by atoms with Gasteiger partial charge in [0.15, 0.2) is 0 Å². The lowest BCUT2D eigenvalue weighted by Gasteiger charge is -2.14. The fourth-order valence-corrected chi connectivity index (χ4v) is 4.14. The van der Waals surface area contributed by atoms with Gasteiger partial charge in [0.1, 0.15) is 23.5 Å². The van der Waals surface area contributed by atoms with E-state index in [-0.39, 0.29) is 30.4 Å². The summed E-state index contributed by atoms with van der Waals surface area (Å²) in [6, 6.07) is 15.8. The summed E-state index contributed by atoms with van der Waals surface area (Å²) in [6.07, 6.45) is 3.64. The maximum atomic E-state index is 12.6. The first-order valence-corrected chi connectivity index (χ1v) is 12.6. The molecular formula is C28H32N6O4. The molecule has 10 heteroatoms. The zero-order chi connectivity index (χ0) is 26.7. The van der Waals surface area contributed by atoms with E-state index in [1.165, 1.54) is 25.2 Å². The van der Waals surface area contributed by atoms with Crippen LogP contribution in [0.4, 0.5) is 0 Å². The number of rotatable bonds is 11. The smallest absolute Gasteiger partial charge is 0.270 e. The monoisotopic (exact) mass is 516 g/mol. The van der Waals surface area contributed by atoms with E-state index >= 15 is 0 Å². The van der Waals surface area contributed by atoms with Crippen molar-refractivity contribution < 1.29 is 19.1 Å². The minimum atomic E-state index is -0.432. The molecule has 2 heterocycles. The fraction of sp³-hybridized carbons (Fsp3) is 0.321. The van der Waals surface area contributed by atoms with Crippen LogP contribution in [0.3, 0.4) is 0 Å². The van der Waals surface area contributed by atoms with Crippen molar-refractivity contribution >= 4 is 17.7 Å². The first kappa shape index (κ1) is 26.7. The summed E-state index contributed by atoms with van der Waals surface area (Å²) in [4.78, 5) is 47.9. The molecule has 3 N–H and O–H groups in total. The van der Waals surface area contributed by atoms with Crippen LogP contribution < -0.4 is 20.7 Å². The SMILES string of the molecule is COc1cccc(CNC(=O)c2cc(C(=O)NCc3ccc(C(=O)NCCN4CCCC4)cc3)ncn2)c1. The van der Waals surface area contributed by atoms with Crippen LogP contribution in [0.5, 0.6) is 5.75 Å². The molecule has 1 fully saturated rings. The van der Waals surface area contributed by atoms with Gasteiger partial charge in [0.2, 0.25) is 0 Å². The minimum Gasteiger partial charge on any atom is -0.497 e. The quantitative estimate of drug-likeness (QED) is 0.357. The zero-order valence-electron chi connectivity index (χ0n) is 21.4. The van der Waals surface area contributed by atoms with Gasteiger partial charge >= 0.3 is 0 Å². The Morgan fingerprint density at radius 2 is 1.47 bits per heavy atom. The second kappa shape index (κ2) is 13.3. The number of nitrogens with one attached hydrogen (secondary N) is 3. The van der Waals surface area contributed by atoms with E-state index in [1.807, 2.05) is 24.3 Å². The highest BCUT2D eigenvalue weighted by atomic mass is 16.5. The Hall–Kier alpha value is -4.31. The second-order valence-corrected chi connectivity index (χ2v) is 9.01. The molecule has 2 aromatic carbocycles. The first-order chi connectivity index (χ1) is 18.5. The number of hydrogen-bond donors (Lipinski definition) is 3. The van der Waals surface area contributed by atoms with Crippen molar-refractivity contribution in [3.63, 3.8) is 0 Å². The van der Waals surface area contributed by atoms with Crippen molar-refractivity contribution in [3.05, 3.63) is 89.0 Å². The number of benzene rings is 2. The number of likely N-dealkylation sites (tertiary alicyclic amines) is 1. The molecule has 1 aliphatic heterocycles. The molecule has 198 valence electrons. The largest absolute Gasteiger partial charge is 0.497 e. The van der Waals surface area contributed by atoms with E-state index in [1.54, 1.807) is 31.4 Å². The van der Waals surface area contributed by atoms with Gasteiger partial charge in [-0.25, -0.2) is 9.97 Å². The number of aromatic nitrogens is 2. The summed E-state index contributed by atoms with van der Waals surface area (Å²) >= 11 is 0. The topological polar surface area (TPSA) is 126 Å². The van der Waals surface area contributed by atoms with Crippen molar-refractivity contribution in [1.29, 1.82) is 0 Å². The van der Waals surface area contributed by atoms with Gasteiger partial charge in [-0.15, -0.1) is 0 Å². The average molecular weight is 517 g/mol. The lowest BCUT2D eigenvalue weighted by molar-refractivity contribution is 0.0934. The molecule has 38 heavy (non-hydrogen) atoms. The maximum Gasteiger partial charge on any atom is 0.270 e. The summed E-state index contributed by atoms with van der Waals surface area (Å²) < 4.78 is 5.19. The Labute approximate surface area is 221 Å². The molecular weight excluding hydrogens is 484 g/mol. The molecule has 1 saturated heterocycles. The van der Waals surface area contributed by atoms with Crippen molar-refractivity contribution in [1.82, 2.24) is 30.8 Å². The van der Waals surface area contributed by atoms with Crippen molar-refractivity contribution in [3.8, 4) is 5.75 Å². The Kier molecular flexibility index (Phi) is 9.36. The predicted octanol–water partition coefficient (Wildman–Crippen LogP) is 2.17. The van der Waals surface area contributed by atoms with Gasteiger partial charge < -0.3 is 25.6 Å². The van der Waals surface area contributed by atoms with E-state index in [0.717, 1.165) is 30.8 Å². The van der Waals surface area contributed by atoms with Crippen LogP contribution in [0, 0.1) is 0 Å². The van der Waals surface area contributed by atoms with Crippen LogP contribution in [0.2, 0.25) is 0 Å². The number of ether oxygens (including phenoxy) is 1. The van der Waals surface area contributed by atoms with Gasteiger partial charge in [0.05, 0.1) is 7.11 Å². The van der Waals surface area contributed by atoms with Gasteiger partial charge in [0.25, 0.3) is 17.7 Å². The third-order valence-corrected chi connectivity index (χ3v) is 6.30. The molecule has 0 spiro atoms. The Morgan fingerprint density at radius 1 is 0.816 bits per heavy atom. The average Bonchev–Trinajstić information content (AvgIpc) is 3.48. The van der Waals surface area contributed by atoms with Crippen LogP contribution >= 0.6 is 0 Å². The molecule has 3 amide bonds. The van der Waals surface area contributed by atoms with E-state index in [0.29, 0.717) is 17.9 Å². The summed E-state index contributed by atoms with van der Waals surface area (Å²) in [5.74, 6) is -0.266. The van der Waals surface area contributed by atoms with Crippen LogP contribution in [0.1, 0.15) is 55.3 Å². The summed E-state index contributed by atoms with van der Waals surface area (Å²) in [7, 11) is 1.58. The highest BCUT2D eigenvalue weighted by molar-refractivity contribution is 5.97. The van der Waals surface area contributed by atoms with Crippen LogP contribution in [-0.2, 0) is 13.1 Å². The van der Waals surface area contributed by atoms with Gasteiger partial charge in [-0.2, -0.15) is 0 Å². The molecule has 3 aromatic rings. The molecule has 1 aliphatic rings. The molecule has 4 rings (SSSR count). The van der Waals surface area contributed by atoms with Crippen molar-refractivity contribution in [2.75, 3.05) is 33.3 Å². The third-order valence-electron chi connectivity index (χ3n) is 6.30. The standard InChI is InChI=1S/C28H32N6O4/c1-38-23-6-4-5-21(15-23)18-31-28(37)25-16-24(32-19-33-25)27(36)30-17-20-7-9-22(10-8-20)26(35)29-11-14-34-12-2-3-13-34/h4-10,15-16,19H,2-3,11-14,17-18H2,1H3,(H,29,35)(H,30,36)(H,31,37). The summed E-state index contributed by atoms with van der Waals surface area (Å²) in [5, 5.41) is 8.52. The first-order valence-electron chi connectivity index (χ1n) is 12.6. The Morgan fingerprint density at radius 3 is 2.13 bits per heavy atom. The third kappa shape index (κ3) is 7.59. The zero-order valence-corrected chi connectivity index (χ0v) is 21.4. The number of carbonyl (C=O) groups excluding carboxylic acids is 3. The number of carbonyl (C=O) groups is 3. The minimum absolute atomic E-state index is 0.0838.